The van der Waals surface area contributed by atoms with Crippen molar-refractivity contribution in [3.05, 3.63) is 59.1 Å². The quantitative estimate of drug-likeness (QED) is 0.848. The van der Waals surface area contributed by atoms with E-state index in [1.54, 1.807) is 30.3 Å². The molecule has 0 bridgehead atoms. The molecule has 0 spiro atoms. The highest BCUT2D eigenvalue weighted by Crippen LogP contribution is 2.36. The highest BCUT2D eigenvalue weighted by atomic mass is 35.5. The van der Waals surface area contributed by atoms with Gasteiger partial charge in [-0.05, 0) is 63.5 Å². The molecule has 130 valence electrons. The number of carbonyl (C=O) groups is 1. The SMILES string of the molecule is CC1(C)OB(c2ccccc2C(=O)Nc2ccc(Cl)cc2)OC1(C)C. The second kappa shape index (κ2) is 6.48. The van der Waals surface area contributed by atoms with Gasteiger partial charge < -0.3 is 14.6 Å². The van der Waals surface area contributed by atoms with E-state index in [0.717, 1.165) is 0 Å². The standard InChI is InChI=1S/C19H21BClNO3/c1-18(2)19(3,4)25-20(24-18)16-8-6-5-7-15(16)17(23)22-14-11-9-13(21)10-12-14/h5-12H,1-4H3,(H,22,23). The van der Waals surface area contributed by atoms with Crippen LogP contribution < -0.4 is 10.8 Å². The van der Waals surface area contributed by atoms with Crippen LogP contribution in [0.1, 0.15) is 38.1 Å². The Morgan fingerprint density at radius 1 is 0.960 bits per heavy atom. The van der Waals surface area contributed by atoms with Crippen molar-refractivity contribution < 1.29 is 14.1 Å². The van der Waals surface area contributed by atoms with Crippen LogP contribution in [0, 0.1) is 0 Å². The van der Waals surface area contributed by atoms with E-state index in [-0.39, 0.29) is 5.91 Å². The fourth-order valence-corrected chi connectivity index (χ4v) is 2.74. The number of carbonyl (C=O) groups excluding carboxylic acids is 1. The van der Waals surface area contributed by atoms with E-state index in [1.165, 1.54) is 0 Å². The normalized spacial score (nSPS) is 18.2. The molecule has 1 aliphatic heterocycles. The number of anilines is 1. The molecule has 0 unspecified atom stereocenters. The Balaban J connectivity index is 1.86. The maximum atomic E-state index is 12.7. The number of amides is 1. The van der Waals surface area contributed by atoms with Crippen LogP contribution in [-0.4, -0.2) is 24.2 Å². The molecule has 1 amide bonds. The minimum Gasteiger partial charge on any atom is -0.399 e. The first kappa shape index (κ1) is 18.0. The summed E-state index contributed by atoms with van der Waals surface area (Å²) >= 11 is 5.88. The van der Waals surface area contributed by atoms with Gasteiger partial charge in [0.1, 0.15) is 0 Å². The summed E-state index contributed by atoms with van der Waals surface area (Å²) in [6.45, 7) is 7.96. The van der Waals surface area contributed by atoms with Gasteiger partial charge in [-0.15, -0.1) is 0 Å². The molecular formula is C19H21BClNO3. The smallest absolute Gasteiger partial charge is 0.399 e. The van der Waals surface area contributed by atoms with Crippen LogP contribution in [-0.2, 0) is 9.31 Å². The Bertz CT molecular complexity index is 774. The second-order valence-corrected chi connectivity index (χ2v) is 7.57. The summed E-state index contributed by atoms with van der Waals surface area (Å²) in [5.74, 6) is -0.215. The van der Waals surface area contributed by atoms with Crippen molar-refractivity contribution in [1.29, 1.82) is 0 Å². The maximum absolute atomic E-state index is 12.7. The predicted molar refractivity (Wildman–Crippen MR) is 102 cm³/mol. The molecule has 2 aromatic rings. The van der Waals surface area contributed by atoms with Gasteiger partial charge >= 0.3 is 7.12 Å². The first-order chi connectivity index (χ1) is 11.7. The molecule has 1 N–H and O–H groups in total. The first-order valence-corrected chi connectivity index (χ1v) is 8.59. The van der Waals surface area contributed by atoms with E-state index in [4.69, 9.17) is 20.9 Å². The average Bonchev–Trinajstić information content (AvgIpc) is 2.77. The lowest BCUT2D eigenvalue weighted by Crippen LogP contribution is -2.41. The summed E-state index contributed by atoms with van der Waals surface area (Å²) in [5, 5.41) is 3.50. The van der Waals surface area contributed by atoms with Gasteiger partial charge in [0.2, 0.25) is 0 Å². The van der Waals surface area contributed by atoms with Crippen LogP contribution in [0.5, 0.6) is 0 Å². The van der Waals surface area contributed by atoms with Gasteiger partial charge in [-0.2, -0.15) is 0 Å². The van der Waals surface area contributed by atoms with Crippen molar-refractivity contribution in [2.24, 2.45) is 0 Å². The first-order valence-electron chi connectivity index (χ1n) is 8.21. The fraction of sp³-hybridized carbons (Fsp3) is 0.316. The van der Waals surface area contributed by atoms with Crippen LogP contribution in [0.2, 0.25) is 5.02 Å². The van der Waals surface area contributed by atoms with Crippen LogP contribution in [0.15, 0.2) is 48.5 Å². The van der Waals surface area contributed by atoms with Crippen molar-refractivity contribution in [2.45, 2.75) is 38.9 Å². The van der Waals surface area contributed by atoms with Crippen molar-refractivity contribution >= 4 is 35.8 Å². The number of nitrogens with one attached hydrogen (secondary N) is 1. The molecule has 6 heteroatoms. The molecule has 0 radical (unpaired) electrons. The Hall–Kier alpha value is -1.82. The molecular weight excluding hydrogens is 336 g/mol. The van der Waals surface area contributed by atoms with Gasteiger partial charge in [-0.1, -0.05) is 29.8 Å². The summed E-state index contributed by atoms with van der Waals surface area (Å²) in [6, 6.07) is 14.3. The fourth-order valence-electron chi connectivity index (χ4n) is 2.61. The second-order valence-electron chi connectivity index (χ2n) is 7.14. The minimum atomic E-state index is -0.586. The Morgan fingerprint density at radius 2 is 1.52 bits per heavy atom. The molecule has 0 saturated carbocycles. The van der Waals surface area contributed by atoms with Crippen molar-refractivity contribution in [1.82, 2.24) is 0 Å². The van der Waals surface area contributed by atoms with E-state index >= 15 is 0 Å². The van der Waals surface area contributed by atoms with Crippen LogP contribution >= 0.6 is 11.6 Å². The van der Waals surface area contributed by atoms with Gasteiger partial charge in [0, 0.05) is 16.3 Å². The highest BCUT2D eigenvalue weighted by Gasteiger charge is 2.52. The van der Waals surface area contributed by atoms with Gasteiger partial charge in [0.05, 0.1) is 11.2 Å². The Morgan fingerprint density at radius 3 is 2.12 bits per heavy atom. The lowest BCUT2D eigenvalue weighted by atomic mass is 9.75. The van der Waals surface area contributed by atoms with Crippen molar-refractivity contribution in [3.63, 3.8) is 0 Å². The lowest BCUT2D eigenvalue weighted by molar-refractivity contribution is 0.00578. The zero-order valence-electron chi connectivity index (χ0n) is 14.8. The number of hydrogen-bond donors (Lipinski definition) is 1. The summed E-state index contributed by atoms with van der Waals surface area (Å²) < 4.78 is 12.2. The summed E-state index contributed by atoms with van der Waals surface area (Å²) in [6.07, 6.45) is 0. The van der Waals surface area contributed by atoms with Crippen LogP contribution in [0.3, 0.4) is 0 Å². The molecule has 25 heavy (non-hydrogen) atoms. The number of hydrogen-bond acceptors (Lipinski definition) is 3. The zero-order valence-corrected chi connectivity index (χ0v) is 15.6. The Labute approximate surface area is 153 Å². The molecule has 0 aromatic heterocycles. The average molecular weight is 358 g/mol. The topological polar surface area (TPSA) is 47.6 Å². The third-order valence-electron chi connectivity index (χ3n) is 4.81. The predicted octanol–water partition coefficient (Wildman–Crippen LogP) is 3.89. The molecule has 0 aliphatic carbocycles. The monoisotopic (exact) mass is 357 g/mol. The molecule has 2 aromatic carbocycles. The minimum absolute atomic E-state index is 0.215. The van der Waals surface area contributed by atoms with E-state index in [1.807, 2.05) is 45.9 Å². The van der Waals surface area contributed by atoms with Crippen LogP contribution in [0.25, 0.3) is 0 Å². The summed E-state index contributed by atoms with van der Waals surface area (Å²) in [7, 11) is -0.586. The number of rotatable bonds is 3. The Kier molecular flexibility index (Phi) is 4.67. The zero-order chi connectivity index (χ0) is 18.2. The largest absolute Gasteiger partial charge is 0.495 e. The van der Waals surface area contributed by atoms with Crippen LogP contribution in [0.4, 0.5) is 5.69 Å². The van der Waals surface area contributed by atoms with Gasteiger partial charge in [0.15, 0.2) is 0 Å². The van der Waals surface area contributed by atoms with Crippen molar-refractivity contribution in [3.8, 4) is 0 Å². The molecule has 0 atom stereocenters. The van der Waals surface area contributed by atoms with Gasteiger partial charge in [-0.25, -0.2) is 0 Å². The number of benzene rings is 2. The molecule has 4 nitrogen and oxygen atoms in total. The third kappa shape index (κ3) is 3.59. The van der Waals surface area contributed by atoms with E-state index in [9.17, 15) is 4.79 Å². The molecule has 1 aliphatic rings. The molecule has 1 heterocycles. The van der Waals surface area contributed by atoms with Crippen molar-refractivity contribution in [2.75, 3.05) is 5.32 Å². The lowest BCUT2D eigenvalue weighted by Gasteiger charge is -2.32. The highest BCUT2D eigenvalue weighted by molar-refractivity contribution is 6.63. The molecule has 3 rings (SSSR count). The summed E-state index contributed by atoms with van der Waals surface area (Å²) in [5.41, 5.74) is 0.996. The van der Waals surface area contributed by atoms with E-state index < -0.39 is 18.3 Å². The summed E-state index contributed by atoms with van der Waals surface area (Å²) in [4.78, 5) is 12.7. The third-order valence-corrected chi connectivity index (χ3v) is 5.07. The molecule has 1 fully saturated rings. The van der Waals surface area contributed by atoms with Gasteiger partial charge in [-0.3, -0.25) is 4.79 Å². The molecule has 1 saturated heterocycles. The maximum Gasteiger partial charge on any atom is 0.495 e. The van der Waals surface area contributed by atoms with E-state index in [2.05, 4.69) is 5.32 Å². The van der Waals surface area contributed by atoms with E-state index in [0.29, 0.717) is 21.7 Å². The van der Waals surface area contributed by atoms with Gasteiger partial charge in [0.25, 0.3) is 5.91 Å². The number of halogens is 1.